The van der Waals surface area contributed by atoms with Crippen molar-refractivity contribution in [1.82, 2.24) is 4.90 Å². The van der Waals surface area contributed by atoms with Crippen molar-refractivity contribution in [3.63, 3.8) is 0 Å². The highest BCUT2D eigenvalue weighted by Gasteiger charge is 2.19. The maximum atomic E-state index is 6.25. The summed E-state index contributed by atoms with van der Waals surface area (Å²) in [6.07, 6.45) is 2.34. The van der Waals surface area contributed by atoms with E-state index in [1.165, 1.54) is 22.4 Å². The first kappa shape index (κ1) is 13.2. The lowest BCUT2D eigenvalue weighted by molar-refractivity contribution is 0.247. The van der Waals surface area contributed by atoms with Gasteiger partial charge in [-0.05, 0) is 36.1 Å². The highest BCUT2D eigenvalue weighted by molar-refractivity contribution is 7.12. The zero-order valence-corrected chi connectivity index (χ0v) is 12.7. The van der Waals surface area contributed by atoms with Crippen molar-refractivity contribution in [1.29, 1.82) is 0 Å². The molecular weight excluding hydrogens is 274 g/mol. The number of nitrogens with zero attached hydrogens (tertiary/aromatic N) is 1. The third kappa shape index (κ3) is 2.86. The first-order valence-electron chi connectivity index (χ1n) is 6.82. The first-order valence-corrected chi connectivity index (χ1v) is 8.02. The third-order valence-corrected chi connectivity index (χ3v) is 5.45. The Morgan fingerprint density at radius 1 is 1.32 bits per heavy atom. The molecule has 0 unspecified atom stereocenters. The number of rotatable bonds is 3. The summed E-state index contributed by atoms with van der Waals surface area (Å²) in [5, 5.41) is 0.882. The van der Waals surface area contributed by atoms with E-state index in [9.17, 15) is 0 Å². The molecule has 0 N–H and O–H groups in total. The minimum atomic E-state index is 0.882. The molecule has 0 atom stereocenters. The molecule has 2 heterocycles. The number of benzene rings is 1. The Kier molecular flexibility index (Phi) is 3.92. The summed E-state index contributed by atoms with van der Waals surface area (Å²) >= 11 is 8.24. The Morgan fingerprint density at radius 2 is 2.16 bits per heavy atom. The van der Waals surface area contributed by atoms with Crippen LogP contribution in [0.15, 0.2) is 30.3 Å². The fourth-order valence-corrected chi connectivity index (χ4v) is 3.94. The van der Waals surface area contributed by atoms with Gasteiger partial charge in [0.15, 0.2) is 0 Å². The van der Waals surface area contributed by atoms with Gasteiger partial charge in [-0.3, -0.25) is 4.90 Å². The number of hydrogen-bond donors (Lipinski definition) is 0. The van der Waals surface area contributed by atoms with Crippen LogP contribution in [0, 0.1) is 0 Å². The molecule has 0 bridgehead atoms. The van der Waals surface area contributed by atoms with Gasteiger partial charge in [0.1, 0.15) is 0 Å². The molecule has 1 aliphatic rings. The van der Waals surface area contributed by atoms with Gasteiger partial charge in [0.2, 0.25) is 0 Å². The standard InChI is InChI=1S/C16H18ClNS/c1-2-14-9-13-11-18(8-7-16(13)19-14)10-12-5-3-4-6-15(12)17/h3-6,9H,2,7-8,10-11H2,1H3. The van der Waals surface area contributed by atoms with Gasteiger partial charge in [-0.1, -0.05) is 36.7 Å². The van der Waals surface area contributed by atoms with Crippen LogP contribution in [-0.4, -0.2) is 11.4 Å². The van der Waals surface area contributed by atoms with E-state index in [1.54, 1.807) is 4.88 Å². The van der Waals surface area contributed by atoms with Gasteiger partial charge in [-0.25, -0.2) is 0 Å². The van der Waals surface area contributed by atoms with Crippen LogP contribution in [0.25, 0.3) is 0 Å². The number of halogens is 1. The molecule has 1 aliphatic heterocycles. The number of thiophene rings is 1. The van der Waals surface area contributed by atoms with Crippen LogP contribution in [0.2, 0.25) is 5.02 Å². The maximum Gasteiger partial charge on any atom is 0.0451 e. The van der Waals surface area contributed by atoms with Crippen molar-refractivity contribution in [3.8, 4) is 0 Å². The summed E-state index contributed by atoms with van der Waals surface area (Å²) in [7, 11) is 0. The van der Waals surface area contributed by atoms with Crippen LogP contribution in [-0.2, 0) is 25.9 Å². The van der Waals surface area contributed by atoms with Crippen molar-refractivity contribution in [3.05, 3.63) is 56.2 Å². The van der Waals surface area contributed by atoms with Crippen LogP contribution in [0.1, 0.15) is 27.8 Å². The van der Waals surface area contributed by atoms with Crippen molar-refractivity contribution < 1.29 is 0 Å². The summed E-state index contributed by atoms with van der Waals surface area (Å²) in [5.74, 6) is 0. The van der Waals surface area contributed by atoms with Crippen molar-refractivity contribution >= 4 is 22.9 Å². The van der Waals surface area contributed by atoms with Crippen LogP contribution in [0.4, 0.5) is 0 Å². The fraction of sp³-hybridized carbons (Fsp3) is 0.375. The van der Waals surface area contributed by atoms with Gasteiger partial charge < -0.3 is 0 Å². The summed E-state index contributed by atoms with van der Waals surface area (Å²) in [6, 6.07) is 10.6. The third-order valence-electron chi connectivity index (χ3n) is 3.70. The van der Waals surface area contributed by atoms with E-state index in [1.807, 2.05) is 23.5 Å². The normalized spacial score (nSPS) is 15.5. The van der Waals surface area contributed by atoms with E-state index < -0.39 is 0 Å². The Labute approximate surface area is 123 Å². The lowest BCUT2D eigenvalue weighted by Crippen LogP contribution is -2.29. The number of aryl methyl sites for hydroxylation is 1. The van der Waals surface area contributed by atoms with Crippen molar-refractivity contribution in [2.24, 2.45) is 0 Å². The van der Waals surface area contributed by atoms with E-state index >= 15 is 0 Å². The van der Waals surface area contributed by atoms with Crippen LogP contribution in [0.3, 0.4) is 0 Å². The molecule has 0 fully saturated rings. The molecule has 1 nitrogen and oxygen atoms in total. The van der Waals surface area contributed by atoms with Gasteiger partial charge in [-0.2, -0.15) is 0 Å². The fourth-order valence-electron chi connectivity index (χ4n) is 2.63. The highest BCUT2D eigenvalue weighted by Crippen LogP contribution is 2.29. The molecule has 100 valence electrons. The van der Waals surface area contributed by atoms with Crippen molar-refractivity contribution in [2.45, 2.75) is 32.9 Å². The predicted octanol–water partition coefficient (Wildman–Crippen LogP) is 4.52. The first-order chi connectivity index (χ1) is 9.26. The summed E-state index contributed by atoms with van der Waals surface area (Å²) in [6.45, 7) is 5.40. The molecule has 0 saturated carbocycles. The average Bonchev–Trinajstić information content (AvgIpc) is 2.83. The van der Waals surface area contributed by atoms with E-state index in [0.717, 1.165) is 31.1 Å². The van der Waals surface area contributed by atoms with Gasteiger partial charge in [0.05, 0.1) is 0 Å². The lowest BCUT2D eigenvalue weighted by Gasteiger charge is -2.27. The molecule has 1 aromatic heterocycles. The monoisotopic (exact) mass is 291 g/mol. The highest BCUT2D eigenvalue weighted by atomic mass is 35.5. The van der Waals surface area contributed by atoms with E-state index in [4.69, 9.17) is 11.6 Å². The number of fused-ring (bicyclic) bond motifs is 1. The van der Waals surface area contributed by atoms with Gasteiger partial charge >= 0.3 is 0 Å². The molecule has 0 spiro atoms. The van der Waals surface area contributed by atoms with E-state index in [0.29, 0.717) is 0 Å². The largest absolute Gasteiger partial charge is 0.294 e. The average molecular weight is 292 g/mol. The molecule has 3 heteroatoms. The zero-order chi connectivity index (χ0) is 13.2. The van der Waals surface area contributed by atoms with E-state index in [2.05, 4.69) is 30.0 Å². The Hall–Kier alpha value is -0.830. The maximum absolute atomic E-state index is 6.25. The minimum absolute atomic E-state index is 0.882. The quantitative estimate of drug-likeness (QED) is 0.803. The molecule has 3 rings (SSSR count). The SMILES string of the molecule is CCc1cc2c(s1)CCN(Cc1ccccc1Cl)C2. The minimum Gasteiger partial charge on any atom is -0.294 e. The predicted molar refractivity (Wildman–Crippen MR) is 83.0 cm³/mol. The molecule has 0 amide bonds. The second-order valence-corrected chi connectivity index (χ2v) is 6.70. The second kappa shape index (κ2) is 5.66. The molecule has 1 aromatic carbocycles. The van der Waals surface area contributed by atoms with Gasteiger partial charge in [-0.15, -0.1) is 11.3 Å². The van der Waals surface area contributed by atoms with Crippen molar-refractivity contribution in [2.75, 3.05) is 6.54 Å². The Balaban J connectivity index is 1.73. The molecular formula is C16H18ClNS. The van der Waals surface area contributed by atoms with E-state index in [-0.39, 0.29) is 0 Å². The number of hydrogen-bond acceptors (Lipinski definition) is 2. The molecule has 2 aromatic rings. The molecule has 0 radical (unpaired) electrons. The smallest absolute Gasteiger partial charge is 0.0451 e. The molecule has 0 aliphatic carbocycles. The summed E-state index contributed by atoms with van der Waals surface area (Å²) < 4.78 is 0. The topological polar surface area (TPSA) is 3.24 Å². The Bertz CT molecular complexity index is 576. The molecule has 0 saturated heterocycles. The second-order valence-electron chi connectivity index (χ2n) is 5.07. The van der Waals surface area contributed by atoms with Crippen LogP contribution >= 0.6 is 22.9 Å². The Morgan fingerprint density at radius 3 is 2.95 bits per heavy atom. The van der Waals surface area contributed by atoms with Crippen LogP contribution in [0.5, 0.6) is 0 Å². The van der Waals surface area contributed by atoms with Gasteiger partial charge in [0, 0.05) is 34.4 Å². The summed E-state index contributed by atoms with van der Waals surface area (Å²) in [5.41, 5.74) is 2.76. The summed E-state index contributed by atoms with van der Waals surface area (Å²) in [4.78, 5) is 5.60. The molecule has 19 heavy (non-hydrogen) atoms. The van der Waals surface area contributed by atoms with Gasteiger partial charge in [0.25, 0.3) is 0 Å². The van der Waals surface area contributed by atoms with Crippen LogP contribution < -0.4 is 0 Å². The lowest BCUT2D eigenvalue weighted by atomic mass is 10.1. The zero-order valence-electron chi connectivity index (χ0n) is 11.2.